The Morgan fingerprint density at radius 1 is 1.00 bits per heavy atom. The lowest BCUT2D eigenvalue weighted by Crippen LogP contribution is -2.08. The van der Waals surface area contributed by atoms with E-state index in [2.05, 4.69) is 27.6 Å². The van der Waals surface area contributed by atoms with Crippen molar-refractivity contribution in [2.75, 3.05) is 34.0 Å². The van der Waals surface area contributed by atoms with Crippen LogP contribution in [0.25, 0.3) is 0 Å². The molecule has 0 saturated heterocycles. The molecule has 9 heteroatoms. The van der Waals surface area contributed by atoms with Gasteiger partial charge in [0.05, 0.1) is 20.3 Å². The lowest BCUT2D eigenvalue weighted by atomic mass is 10.3. The Labute approximate surface area is 153 Å². The molecule has 0 amide bonds. The van der Waals surface area contributed by atoms with Crippen molar-refractivity contribution >= 4 is 24.0 Å². The number of hydrogen-bond donors (Lipinski definition) is 1. The number of nitrogens with zero attached hydrogens (tertiary/aromatic N) is 1. The number of esters is 3. The van der Waals surface area contributed by atoms with E-state index >= 15 is 0 Å². The molecular formula is C17H27NO8. The molecule has 0 heterocycles. The lowest BCUT2D eigenvalue weighted by Gasteiger charge is -2.02. The van der Waals surface area contributed by atoms with Crippen LogP contribution in [-0.4, -0.2) is 63.1 Å². The smallest absolute Gasteiger partial charge is 0.333 e. The van der Waals surface area contributed by atoms with Crippen molar-refractivity contribution in [1.29, 1.82) is 0 Å². The summed E-state index contributed by atoms with van der Waals surface area (Å²) in [5, 5.41) is 7.00. The molecule has 9 nitrogen and oxygen atoms in total. The van der Waals surface area contributed by atoms with E-state index < -0.39 is 11.9 Å². The van der Waals surface area contributed by atoms with E-state index in [-0.39, 0.29) is 32.1 Å². The van der Waals surface area contributed by atoms with Gasteiger partial charge in [0.2, 0.25) is 6.08 Å². The fourth-order valence-corrected chi connectivity index (χ4v) is 0.959. The van der Waals surface area contributed by atoms with Crippen LogP contribution in [0.5, 0.6) is 0 Å². The van der Waals surface area contributed by atoms with Crippen LogP contribution in [0, 0.1) is 0 Å². The summed E-state index contributed by atoms with van der Waals surface area (Å²) in [6, 6.07) is 0. The molecule has 0 unspecified atom stereocenters. The van der Waals surface area contributed by atoms with Crippen molar-refractivity contribution in [1.82, 2.24) is 0 Å². The van der Waals surface area contributed by atoms with Crippen molar-refractivity contribution < 1.29 is 38.5 Å². The van der Waals surface area contributed by atoms with E-state index in [0.717, 1.165) is 7.11 Å². The molecule has 0 aromatic heterocycles. The van der Waals surface area contributed by atoms with Crippen molar-refractivity contribution in [3.8, 4) is 0 Å². The van der Waals surface area contributed by atoms with Crippen LogP contribution in [0.4, 0.5) is 0 Å². The molecule has 26 heavy (non-hydrogen) atoms. The van der Waals surface area contributed by atoms with E-state index in [1.165, 1.54) is 13.2 Å². The number of aliphatic hydroxyl groups is 1. The van der Waals surface area contributed by atoms with E-state index in [0.29, 0.717) is 17.6 Å². The predicted molar refractivity (Wildman–Crippen MR) is 93.9 cm³/mol. The molecule has 0 rings (SSSR count). The van der Waals surface area contributed by atoms with Gasteiger partial charge in [0.25, 0.3) is 0 Å². The first kappa shape index (κ1) is 28.1. The van der Waals surface area contributed by atoms with E-state index in [9.17, 15) is 19.2 Å². The Hall–Kier alpha value is -2.77. The number of aliphatic hydroxyl groups excluding tert-OH is 1. The molecule has 0 aromatic rings. The maximum Gasteiger partial charge on any atom is 0.333 e. The van der Waals surface area contributed by atoms with Gasteiger partial charge in [0.15, 0.2) is 0 Å². The predicted octanol–water partition coefficient (Wildman–Crippen LogP) is 1.11. The highest BCUT2D eigenvalue weighted by molar-refractivity contribution is 5.87. The van der Waals surface area contributed by atoms with Gasteiger partial charge in [-0.05, 0) is 20.3 Å². The van der Waals surface area contributed by atoms with Crippen LogP contribution >= 0.6 is 0 Å². The Bertz CT molecular complexity index is 507. The third kappa shape index (κ3) is 21.2. The molecule has 0 bridgehead atoms. The first-order chi connectivity index (χ1) is 12.3. The van der Waals surface area contributed by atoms with Crippen LogP contribution in [0.2, 0.25) is 0 Å². The summed E-state index contributed by atoms with van der Waals surface area (Å²) in [7, 11) is 2.32. The zero-order chi connectivity index (χ0) is 21.0. The number of isocyanates is 1. The van der Waals surface area contributed by atoms with Gasteiger partial charge in [0, 0.05) is 24.7 Å². The topological polar surface area (TPSA) is 129 Å². The summed E-state index contributed by atoms with van der Waals surface area (Å²) in [4.78, 5) is 44.8. The maximum atomic E-state index is 10.8. The van der Waals surface area contributed by atoms with Gasteiger partial charge in [0.1, 0.15) is 6.61 Å². The molecule has 0 fully saturated rings. The molecule has 0 aliphatic heterocycles. The third-order valence-corrected chi connectivity index (χ3v) is 2.18. The minimum absolute atomic E-state index is 0.0981. The second-order valence-corrected chi connectivity index (χ2v) is 4.49. The van der Waals surface area contributed by atoms with Gasteiger partial charge >= 0.3 is 17.9 Å². The molecule has 0 aliphatic carbocycles. The molecular weight excluding hydrogens is 346 g/mol. The third-order valence-electron chi connectivity index (χ3n) is 2.18. The van der Waals surface area contributed by atoms with Gasteiger partial charge in [-0.2, -0.15) is 0 Å². The fraction of sp³-hybridized carbons (Fsp3) is 0.529. The highest BCUT2D eigenvalue weighted by Crippen LogP contribution is 1.96. The van der Waals surface area contributed by atoms with Gasteiger partial charge in [-0.3, -0.25) is 4.79 Å². The minimum atomic E-state index is -0.467. The maximum absolute atomic E-state index is 10.8. The van der Waals surface area contributed by atoms with Crippen molar-refractivity contribution in [2.45, 2.75) is 26.7 Å². The average Bonchev–Trinajstić information content (AvgIpc) is 2.63. The Morgan fingerprint density at radius 2 is 1.46 bits per heavy atom. The second-order valence-electron chi connectivity index (χ2n) is 4.49. The van der Waals surface area contributed by atoms with E-state index in [1.807, 2.05) is 0 Å². The summed E-state index contributed by atoms with van der Waals surface area (Å²) in [5.41, 5.74) is 0.693. The molecule has 0 aliphatic rings. The number of methoxy groups -OCH3 is 1. The molecule has 0 spiro atoms. The zero-order valence-electron chi connectivity index (χ0n) is 15.7. The van der Waals surface area contributed by atoms with Crippen LogP contribution in [0.15, 0.2) is 29.3 Å². The SMILES string of the molecule is C=C(C)C(=O)OCCCC(=O)OC.C=C(C)C(=O)OCCN=C=O.CO. The monoisotopic (exact) mass is 373 g/mol. The molecule has 148 valence electrons. The highest BCUT2D eigenvalue weighted by atomic mass is 16.5. The zero-order valence-corrected chi connectivity index (χ0v) is 15.7. The van der Waals surface area contributed by atoms with E-state index in [4.69, 9.17) is 9.84 Å². The number of ether oxygens (including phenoxy) is 3. The standard InChI is InChI=1S/C9H14O4.C7H9NO3.CH4O/c1-7(2)9(11)13-6-4-5-8(10)12-3;1-6(2)7(10)11-4-3-8-5-9;1-2/h1,4-6H2,2-3H3;1,3-4H2,2H3;2H,1H3. The minimum Gasteiger partial charge on any atom is -0.469 e. The number of carbonyl (C=O) groups is 3. The van der Waals surface area contributed by atoms with Crippen LogP contribution < -0.4 is 0 Å². The summed E-state index contributed by atoms with van der Waals surface area (Å²) < 4.78 is 13.8. The normalized spacial score (nSPS) is 8.19. The summed E-state index contributed by atoms with van der Waals surface area (Å²) in [6.45, 7) is 10.4. The van der Waals surface area contributed by atoms with Gasteiger partial charge in [-0.1, -0.05) is 13.2 Å². The lowest BCUT2D eigenvalue weighted by molar-refractivity contribution is -0.143. The number of rotatable bonds is 9. The van der Waals surface area contributed by atoms with Crippen molar-refractivity contribution in [3.63, 3.8) is 0 Å². The van der Waals surface area contributed by atoms with Crippen molar-refractivity contribution in [2.24, 2.45) is 4.99 Å². The molecule has 0 atom stereocenters. The second kappa shape index (κ2) is 20.3. The van der Waals surface area contributed by atoms with E-state index in [1.54, 1.807) is 13.8 Å². The highest BCUT2D eigenvalue weighted by Gasteiger charge is 2.04. The molecule has 0 saturated carbocycles. The molecule has 0 aromatic carbocycles. The number of hydrogen-bond acceptors (Lipinski definition) is 9. The molecule has 0 radical (unpaired) electrons. The summed E-state index contributed by atoms with van der Waals surface area (Å²) in [5.74, 6) is -1.19. The van der Waals surface area contributed by atoms with Gasteiger partial charge in [-0.15, -0.1) is 0 Å². The van der Waals surface area contributed by atoms with Gasteiger partial charge in [-0.25, -0.2) is 19.4 Å². The Balaban J connectivity index is -0.000000375. The van der Waals surface area contributed by atoms with Gasteiger partial charge < -0.3 is 19.3 Å². The van der Waals surface area contributed by atoms with Crippen LogP contribution in [0.1, 0.15) is 26.7 Å². The average molecular weight is 373 g/mol. The van der Waals surface area contributed by atoms with Crippen LogP contribution in [-0.2, 0) is 33.4 Å². The largest absolute Gasteiger partial charge is 0.469 e. The molecule has 1 N–H and O–H groups in total. The van der Waals surface area contributed by atoms with Crippen molar-refractivity contribution in [3.05, 3.63) is 24.3 Å². The first-order valence-electron chi connectivity index (χ1n) is 7.46. The summed E-state index contributed by atoms with van der Waals surface area (Å²) in [6.07, 6.45) is 2.07. The number of carbonyl (C=O) groups excluding carboxylic acids is 4. The Morgan fingerprint density at radius 3 is 1.85 bits per heavy atom. The Kier molecular flexibility index (Phi) is 21.9. The first-order valence-corrected chi connectivity index (χ1v) is 7.46. The van der Waals surface area contributed by atoms with Crippen LogP contribution in [0.3, 0.4) is 0 Å². The fourth-order valence-electron chi connectivity index (χ4n) is 0.959. The number of aliphatic imine (C=N–C) groups is 1. The summed E-state index contributed by atoms with van der Waals surface area (Å²) >= 11 is 0. The quantitative estimate of drug-likeness (QED) is 0.159.